The highest BCUT2D eigenvalue weighted by Gasteiger charge is 2.24. The van der Waals surface area contributed by atoms with E-state index in [1.54, 1.807) is 0 Å². The van der Waals surface area contributed by atoms with Crippen LogP contribution in [0.5, 0.6) is 0 Å². The van der Waals surface area contributed by atoms with Crippen LogP contribution in [0.4, 0.5) is 0 Å². The van der Waals surface area contributed by atoms with E-state index in [-0.39, 0.29) is 11.0 Å². The quantitative estimate of drug-likeness (QED) is 0.237. The van der Waals surface area contributed by atoms with Crippen LogP contribution in [0.1, 0.15) is 118 Å². The molecule has 22 heavy (non-hydrogen) atoms. The van der Waals surface area contributed by atoms with Crippen LogP contribution in [-0.4, -0.2) is 4.87 Å². The lowest BCUT2D eigenvalue weighted by Crippen LogP contribution is -2.23. The van der Waals surface area contributed by atoms with Crippen molar-refractivity contribution in [1.82, 2.24) is 6.15 Å². The second kappa shape index (κ2) is 16.1. The lowest BCUT2D eigenvalue weighted by molar-refractivity contribution is 0.359. The zero-order chi connectivity index (χ0) is 16.0. The lowest BCUT2D eigenvalue weighted by atomic mass is 9.87. The van der Waals surface area contributed by atoms with Gasteiger partial charge in [-0.2, -0.15) is 0 Å². The molecule has 0 fully saturated rings. The molecule has 0 aliphatic rings. The van der Waals surface area contributed by atoms with Gasteiger partial charge in [0.2, 0.25) is 0 Å². The van der Waals surface area contributed by atoms with Crippen LogP contribution in [0.15, 0.2) is 0 Å². The molecule has 1 unspecified atom stereocenters. The van der Waals surface area contributed by atoms with E-state index < -0.39 is 0 Å². The van der Waals surface area contributed by atoms with Crippen molar-refractivity contribution in [2.75, 3.05) is 0 Å². The Balaban J connectivity index is 0. The van der Waals surface area contributed by atoms with Gasteiger partial charge in [0.1, 0.15) is 0 Å². The van der Waals surface area contributed by atoms with Gasteiger partial charge in [0.15, 0.2) is 0 Å². The summed E-state index contributed by atoms with van der Waals surface area (Å²) in [6, 6.07) is 0. The van der Waals surface area contributed by atoms with Gasteiger partial charge in [-0.3, -0.25) is 0 Å². The van der Waals surface area contributed by atoms with Crippen molar-refractivity contribution < 1.29 is 0 Å². The van der Waals surface area contributed by atoms with Crippen molar-refractivity contribution in [1.29, 1.82) is 0 Å². The minimum Gasteiger partial charge on any atom is -0.344 e. The number of hydrogen-bond acceptors (Lipinski definition) is 1. The topological polar surface area (TPSA) is 35.0 Å². The minimum absolute atomic E-state index is 0. The van der Waals surface area contributed by atoms with E-state index in [1.165, 1.54) is 89.9 Å². The summed E-state index contributed by atoms with van der Waals surface area (Å²) >= 11 is 6.44. The molecule has 0 rings (SSSR count). The van der Waals surface area contributed by atoms with E-state index in [1.807, 2.05) is 0 Å². The highest BCUT2D eigenvalue weighted by atomic mass is 35.5. The van der Waals surface area contributed by atoms with Crippen molar-refractivity contribution in [2.45, 2.75) is 122 Å². The van der Waals surface area contributed by atoms with Crippen LogP contribution in [0.3, 0.4) is 0 Å². The number of unbranched alkanes of at least 4 members (excludes halogenated alkanes) is 11. The van der Waals surface area contributed by atoms with Gasteiger partial charge in [-0.05, 0) is 26.2 Å². The summed E-state index contributed by atoms with van der Waals surface area (Å²) in [5.41, 5.74) is 0. The Kier molecular flexibility index (Phi) is 18.0. The molecule has 0 radical (unpaired) electrons. The van der Waals surface area contributed by atoms with E-state index in [0.29, 0.717) is 5.92 Å². The molecule has 0 aliphatic heterocycles. The molecule has 0 spiro atoms. The van der Waals surface area contributed by atoms with Crippen molar-refractivity contribution in [3.8, 4) is 0 Å². The van der Waals surface area contributed by atoms with E-state index >= 15 is 0 Å². The third-order valence-electron chi connectivity index (χ3n) is 4.87. The smallest absolute Gasteiger partial charge is 0.0418 e. The molecule has 0 aromatic carbocycles. The molecule has 3 N–H and O–H groups in total. The van der Waals surface area contributed by atoms with E-state index in [2.05, 4.69) is 27.7 Å². The van der Waals surface area contributed by atoms with Crippen LogP contribution in [-0.2, 0) is 0 Å². The maximum atomic E-state index is 6.44. The van der Waals surface area contributed by atoms with Gasteiger partial charge >= 0.3 is 0 Å². The summed E-state index contributed by atoms with van der Waals surface area (Å²) in [4.78, 5) is -0.0213. The second-order valence-electron chi connectivity index (χ2n) is 7.35. The SMILES string of the molecule is CCCCCCCCCCCCCCC(CC)C(C)(C)Cl.N. The van der Waals surface area contributed by atoms with Crippen molar-refractivity contribution in [3.63, 3.8) is 0 Å². The first-order valence-electron chi connectivity index (χ1n) is 9.71. The van der Waals surface area contributed by atoms with Crippen LogP contribution < -0.4 is 6.15 Å². The first-order valence-corrected chi connectivity index (χ1v) is 10.1. The van der Waals surface area contributed by atoms with E-state index in [0.717, 1.165) is 0 Å². The van der Waals surface area contributed by atoms with Crippen LogP contribution in [0.2, 0.25) is 0 Å². The van der Waals surface area contributed by atoms with Gasteiger partial charge < -0.3 is 6.15 Å². The Labute approximate surface area is 146 Å². The van der Waals surface area contributed by atoms with Crippen molar-refractivity contribution in [2.24, 2.45) is 5.92 Å². The van der Waals surface area contributed by atoms with Gasteiger partial charge in [0.05, 0.1) is 0 Å². The maximum absolute atomic E-state index is 6.44. The summed E-state index contributed by atoms with van der Waals surface area (Å²) in [5, 5.41) is 0. The summed E-state index contributed by atoms with van der Waals surface area (Å²) in [6.45, 7) is 8.90. The third kappa shape index (κ3) is 15.2. The molecular weight excluding hydrogens is 290 g/mol. The molecule has 1 atom stereocenters. The Morgan fingerprint density at radius 3 is 1.36 bits per heavy atom. The Morgan fingerprint density at radius 1 is 0.682 bits per heavy atom. The normalized spacial score (nSPS) is 13.0. The predicted octanol–water partition coefficient (Wildman–Crippen LogP) is 8.28. The largest absolute Gasteiger partial charge is 0.344 e. The molecule has 136 valence electrons. The van der Waals surface area contributed by atoms with Crippen LogP contribution >= 0.6 is 11.6 Å². The zero-order valence-electron chi connectivity index (χ0n) is 16.1. The standard InChI is InChI=1S/C20H41Cl.H3N/c1-5-7-8-9-10-11-12-13-14-15-16-17-18-19(6-2)20(3,4)21;/h19H,5-18H2,1-4H3;1H3. The van der Waals surface area contributed by atoms with Gasteiger partial charge in [-0.1, -0.05) is 97.3 Å². The summed E-state index contributed by atoms with van der Waals surface area (Å²) in [5.74, 6) is 0.683. The molecular formula is C20H44ClN. The average molecular weight is 334 g/mol. The van der Waals surface area contributed by atoms with Crippen LogP contribution in [0.25, 0.3) is 0 Å². The molecule has 0 bridgehead atoms. The first-order chi connectivity index (χ1) is 10.0. The molecule has 0 saturated carbocycles. The molecule has 2 heteroatoms. The molecule has 0 saturated heterocycles. The first kappa shape index (κ1) is 24.5. The summed E-state index contributed by atoms with van der Waals surface area (Å²) in [7, 11) is 0. The fourth-order valence-corrected chi connectivity index (χ4v) is 3.53. The van der Waals surface area contributed by atoms with E-state index in [9.17, 15) is 0 Å². The second-order valence-corrected chi connectivity index (χ2v) is 8.32. The maximum Gasteiger partial charge on any atom is 0.0418 e. The number of alkyl halides is 1. The zero-order valence-corrected chi connectivity index (χ0v) is 16.8. The monoisotopic (exact) mass is 333 g/mol. The van der Waals surface area contributed by atoms with Gasteiger partial charge in [-0.15, -0.1) is 11.6 Å². The summed E-state index contributed by atoms with van der Waals surface area (Å²) < 4.78 is 0. The third-order valence-corrected chi connectivity index (χ3v) is 5.18. The molecule has 0 amide bonds. The Morgan fingerprint density at radius 2 is 1.05 bits per heavy atom. The number of hydrogen-bond donors (Lipinski definition) is 1. The van der Waals surface area contributed by atoms with Crippen molar-refractivity contribution >= 4 is 11.6 Å². The van der Waals surface area contributed by atoms with E-state index in [4.69, 9.17) is 11.6 Å². The van der Waals surface area contributed by atoms with Gasteiger partial charge in [0.25, 0.3) is 0 Å². The van der Waals surface area contributed by atoms with Crippen LogP contribution in [0, 0.1) is 5.92 Å². The van der Waals surface area contributed by atoms with Gasteiger partial charge in [-0.25, -0.2) is 0 Å². The highest BCUT2D eigenvalue weighted by molar-refractivity contribution is 6.23. The number of halogens is 1. The van der Waals surface area contributed by atoms with Crippen molar-refractivity contribution in [3.05, 3.63) is 0 Å². The summed E-state index contributed by atoms with van der Waals surface area (Å²) in [6.07, 6.45) is 19.7. The fraction of sp³-hybridized carbons (Fsp3) is 1.00. The predicted molar refractivity (Wildman–Crippen MR) is 104 cm³/mol. The Hall–Kier alpha value is 0.250. The Bertz CT molecular complexity index is 210. The van der Waals surface area contributed by atoms with Gasteiger partial charge in [0, 0.05) is 4.87 Å². The lowest BCUT2D eigenvalue weighted by Gasteiger charge is -2.27. The highest BCUT2D eigenvalue weighted by Crippen LogP contribution is 2.31. The molecule has 0 aromatic rings. The molecule has 0 aliphatic carbocycles. The molecule has 0 aromatic heterocycles. The average Bonchev–Trinajstić information content (AvgIpc) is 2.42. The number of rotatable bonds is 15. The molecule has 0 heterocycles. The minimum atomic E-state index is -0.0213. The molecule has 1 nitrogen and oxygen atoms in total. The fourth-order valence-electron chi connectivity index (χ4n) is 3.26.